The van der Waals surface area contributed by atoms with Gasteiger partial charge in [-0.1, -0.05) is 11.6 Å². The fraction of sp³-hybridized carbons (Fsp3) is 0.100. The van der Waals surface area contributed by atoms with Gasteiger partial charge in [-0.2, -0.15) is 0 Å². The van der Waals surface area contributed by atoms with Crippen LogP contribution in [0.15, 0.2) is 24.3 Å². The van der Waals surface area contributed by atoms with Crippen molar-refractivity contribution >= 4 is 17.5 Å². The summed E-state index contributed by atoms with van der Waals surface area (Å²) in [7, 11) is 0. The molecule has 0 saturated carbocycles. The minimum Gasteiger partial charge on any atom is -0.287 e. The Morgan fingerprint density at radius 3 is 2.65 bits per heavy atom. The topological polar surface area (TPSA) is 85.8 Å². The third-order valence-corrected chi connectivity index (χ3v) is 2.43. The maximum absolute atomic E-state index is 11.3. The summed E-state index contributed by atoms with van der Waals surface area (Å²) < 4.78 is 1.54. The van der Waals surface area contributed by atoms with E-state index in [0.29, 0.717) is 10.8 Å². The van der Waals surface area contributed by atoms with Crippen LogP contribution in [-0.4, -0.2) is 20.7 Å². The van der Waals surface area contributed by atoms with Gasteiger partial charge in [0.15, 0.2) is 0 Å². The average Bonchev–Trinajstić information content (AvgIpc) is 2.71. The van der Waals surface area contributed by atoms with Crippen molar-refractivity contribution in [2.45, 2.75) is 6.92 Å². The Bertz CT molecular complexity index is 548. The van der Waals surface area contributed by atoms with Crippen LogP contribution in [-0.2, 0) is 0 Å². The number of benzene rings is 1. The fourth-order valence-electron chi connectivity index (χ4n) is 1.38. The van der Waals surface area contributed by atoms with Gasteiger partial charge in [0.05, 0.1) is 5.69 Å². The molecule has 6 nitrogen and oxygen atoms in total. The monoisotopic (exact) mass is 251 g/mol. The summed E-state index contributed by atoms with van der Waals surface area (Å²) in [6, 6.07) is 7.05. The second kappa shape index (κ2) is 4.52. The van der Waals surface area contributed by atoms with Crippen LogP contribution in [0.4, 0.5) is 0 Å². The third-order valence-electron chi connectivity index (χ3n) is 2.17. The Hall–Kier alpha value is -1.92. The largest absolute Gasteiger partial charge is 0.304 e. The predicted octanol–water partition coefficient (Wildman–Crippen LogP) is 0.833. The zero-order valence-corrected chi connectivity index (χ0v) is 9.77. The summed E-state index contributed by atoms with van der Waals surface area (Å²) in [5, 5.41) is 4.68. The minimum atomic E-state index is -0.527. The van der Waals surface area contributed by atoms with Crippen LogP contribution in [0.5, 0.6) is 0 Å². The van der Waals surface area contributed by atoms with Crippen molar-refractivity contribution in [3.63, 3.8) is 0 Å². The maximum atomic E-state index is 11.3. The first-order chi connectivity index (χ1) is 8.11. The zero-order valence-electron chi connectivity index (χ0n) is 9.01. The SMILES string of the molecule is Cc1nc(C(=O)NN)nn1-c1ccc(Cl)cc1. The van der Waals surface area contributed by atoms with E-state index in [1.165, 1.54) is 0 Å². The number of carbonyl (C=O) groups excluding carboxylic acids is 1. The molecule has 2 aromatic rings. The lowest BCUT2D eigenvalue weighted by molar-refractivity contribution is 0.0943. The third kappa shape index (κ3) is 2.27. The molecule has 0 fully saturated rings. The smallest absolute Gasteiger partial charge is 0.287 e. The van der Waals surface area contributed by atoms with Crippen molar-refractivity contribution in [2.75, 3.05) is 0 Å². The molecule has 0 aliphatic rings. The van der Waals surface area contributed by atoms with Crippen molar-refractivity contribution in [1.29, 1.82) is 0 Å². The summed E-state index contributed by atoms with van der Waals surface area (Å²) in [6.07, 6.45) is 0. The number of nitrogen functional groups attached to an aromatic ring is 1. The van der Waals surface area contributed by atoms with Gasteiger partial charge >= 0.3 is 5.91 Å². The second-order valence-corrected chi connectivity index (χ2v) is 3.78. The molecule has 0 bridgehead atoms. The van der Waals surface area contributed by atoms with Crippen molar-refractivity contribution < 1.29 is 4.79 Å². The highest BCUT2D eigenvalue weighted by Gasteiger charge is 2.13. The van der Waals surface area contributed by atoms with Crippen LogP contribution in [0, 0.1) is 6.92 Å². The molecule has 1 aromatic heterocycles. The number of aromatic nitrogens is 3. The quantitative estimate of drug-likeness (QED) is 0.470. The molecule has 0 unspecified atom stereocenters. The predicted molar refractivity (Wildman–Crippen MR) is 62.8 cm³/mol. The molecule has 1 heterocycles. The first-order valence-electron chi connectivity index (χ1n) is 4.82. The van der Waals surface area contributed by atoms with Gasteiger partial charge in [0.1, 0.15) is 5.82 Å². The molecule has 0 spiro atoms. The second-order valence-electron chi connectivity index (χ2n) is 3.34. The van der Waals surface area contributed by atoms with Crippen molar-refractivity contribution in [3.8, 4) is 5.69 Å². The first kappa shape index (κ1) is 11.6. The number of nitrogens with two attached hydrogens (primary N) is 1. The van der Waals surface area contributed by atoms with E-state index in [0.717, 1.165) is 5.69 Å². The molecule has 0 saturated heterocycles. The molecule has 3 N–H and O–H groups in total. The minimum absolute atomic E-state index is 0.0277. The summed E-state index contributed by atoms with van der Waals surface area (Å²) in [6.45, 7) is 1.74. The highest BCUT2D eigenvalue weighted by atomic mass is 35.5. The Kier molecular flexibility index (Phi) is 3.08. The summed E-state index contributed by atoms with van der Waals surface area (Å²) in [5.41, 5.74) is 2.76. The van der Waals surface area contributed by atoms with Crippen LogP contribution in [0.2, 0.25) is 5.02 Å². The van der Waals surface area contributed by atoms with E-state index in [1.54, 1.807) is 35.9 Å². The van der Waals surface area contributed by atoms with Gasteiger partial charge in [-0.05, 0) is 31.2 Å². The lowest BCUT2D eigenvalue weighted by atomic mass is 10.3. The first-order valence-corrected chi connectivity index (χ1v) is 5.20. The van der Waals surface area contributed by atoms with Crippen molar-refractivity contribution in [2.24, 2.45) is 5.84 Å². The number of aryl methyl sites for hydroxylation is 1. The number of nitrogens with zero attached hydrogens (tertiary/aromatic N) is 3. The Balaban J connectivity index is 2.42. The van der Waals surface area contributed by atoms with Gasteiger partial charge in [-0.25, -0.2) is 15.5 Å². The summed E-state index contributed by atoms with van der Waals surface area (Å²) in [5.74, 6) is 5.11. The van der Waals surface area contributed by atoms with Crippen molar-refractivity contribution in [3.05, 3.63) is 40.9 Å². The number of carbonyl (C=O) groups is 1. The van der Waals surface area contributed by atoms with Crippen LogP contribution in [0.1, 0.15) is 16.4 Å². The van der Waals surface area contributed by atoms with E-state index in [2.05, 4.69) is 10.1 Å². The molecule has 17 heavy (non-hydrogen) atoms. The standard InChI is InChI=1S/C10H10ClN5O/c1-6-13-9(10(17)14-12)15-16(6)8-4-2-7(11)3-5-8/h2-5H,12H2,1H3,(H,14,17). The number of hydrogen-bond donors (Lipinski definition) is 2. The van der Waals surface area contributed by atoms with Gasteiger partial charge in [0.25, 0.3) is 0 Å². The highest BCUT2D eigenvalue weighted by molar-refractivity contribution is 6.30. The van der Waals surface area contributed by atoms with Gasteiger partial charge in [-0.3, -0.25) is 10.2 Å². The highest BCUT2D eigenvalue weighted by Crippen LogP contribution is 2.14. The zero-order chi connectivity index (χ0) is 12.4. The lowest BCUT2D eigenvalue weighted by Crippen LogP contribution is -2.31. The maximum Gasteiger partial charge on any atom is 0.304 e. The van der Waals surface area contributed by atoms with E-state index in [1.807, 2.05) is 5.43 Å². The molecule has 7 heteroatoms. The van der Waals surface area contributed by atoms with Crippen LogP contribution >= 0.6 is 11.6 Å². The Morgan fingerprint density at radius 2 is 2.06 bits per heavy atom. The van der Waals surface area contributed by atoms with Gasteiger partial charge < -0.3 is 0 Å². The Labute approximate surface area is 102 Å². The van der Waals surface area contributed by atoms with Crippen molar-refractivity contribution in [1.82, 2.24) is 20.2 Å². The van der Waals surface area contributed by atoms with E-state index < -0.39 is 5.91 Å². The number of amides is 1. The van der Waals surface area contributed by atoms with E-state index in [-0.39, 0.29) is 5.82 Å². The van der Waals surface area contributed by atoms with E-state index >= 15 is 0 Å². The number of halogens is 1. The normalized spacial score (nSPS) is 10.3. The van der Waals surface area contributed by atoms with Gasteiger partial charge in [0.2, 0.25) is 5.82 Å². The molecular formula is C10H10ClN5O. The molecule has 1 amide bonds. The number of hydrazine groups is 1. The van der Waals surface area contributed by atoms with Gasteiger partial charge in [0, 0.05) is 5.02 Å². The summed E-state index contributed by atoms with van der Waals surface area (Å²) in [4.78, 5) is 15.3. The number of rotatable bonds is 2. The molecule has 88 valence electrons. The lowest BCUT2D eigenvalue weighted by Gasteiger charge is -2.01. The molecule has 0 radical (unpaired) electrons. The van der Waals surface area contributed by atoms with Gasteiger partial charge in [-0.15, -0.1) is 5.10 Å². The molecule has 0 aliphatic heterocycles. The van der Waals surface area contributed by atoms with Crippen LogP contribution in [0.25, 0.3) is 5.69 Å². The molecule has 0 atom stereocenters. The molecular weight excluding hydrogens is 242 g/mol. The molecule has 1 aromatic carbocycles. The average molecular weight is 252 g/mol. The van der Waals surface area contributed by atoms with Crippen LogP contribution in [0.3, 0.4) is 0 Å². The number of hydrogen-bond acceptors (Lipinski definition) is 4. The van der Waals surface area contributed by atoms with E-state index in [4.69, 9.17) is 17.4 Å². The van der Waals surface area contributed by atoms with E-state index in [9.17, 15) is 4.79 Å². The summed E-state index contributed by atoms with van der Waals surface area (Å²) >= 11 is 5.79. The molecule has 2 rings (SSSR count). The fourth-order valence-corrected chi connectivity index (χ4v) is 1.50. The van der Waals surface area contributed by atoms with Crippen LogP contribution < -0.4 is 11.3 Å². The Morgan fingerprint density at radius 1 is 1.41 bits per heavy atom. The molecule has 0 aliphatic carbocycles. The number of nitrogens with one attached hydrogen (secondary N) is 1.